The molecule has 1 saturated heterocycles. The van der Waals surface area contributed by atoms with Gasteiger partial charge in [-0.2, -0.15) is 0 Å². The van der Waals surface area contributed by atoms with Gasteiger partial charge in [-0.1, -0.05) is 17.7 Å². The molecule has 2 aliphatic rings. The highest BCUT2D eigenvalue weighted by Gasteiger charge is 2.39. The summed E-state index contributed by atoms with van der Waals surface area (Å²) in [6.45, 7) is 15.0. The zero-order chi connectivity index (χ0) is 22.4. The molecule has 0 aliphatic carbocycles. The molecular formula is C25H40O5. The number of hydrogen-bond acceptors (Lipinski definition) is 5. The van der Waals surface area contributed by atoms with Crippen LogP contribution in [0.4, 0.5) is 0 Å². The van der Waals surface area contributed by atoms with E-state index in [1.807, 2.05) is 40.7 Å². The first-order valence-corrected chi connectivity index (χ1v) is 11.2. The smallest absolute Gasteiger partial charge is 0.316 e. The maximum Gasteiger partial charge on any atom is 0.316 e. The van der Waals surface area contributed by atoms with Crippen LogP contribution in [-0.2, 0) is 23.7 Å². The lowest BCUT2D eigenvalue weighted by atomic mass is 9.97. The fraction of sp³-hybridized carbons (Fsp3) is 0.720. The minimum Gasteiger partial charge on any atom is -0.428 e. The summed E-state index contributed by atoms with van der Waals surface area (Å²) < 4.78 is 23.1. The number of rotatable bonds is 8. The van der Waals surface area contributed by atoms with Crippen LogP contribution in [0, 0.1) is 5.41 Å². The molecule has 1 fully saturated rings. The van der Waals surface area contributed by atoms with E-state index >= 15 is 0 Å². The third-order valence-corrected chi connectivity index (χ3v) is 5.44. The van der Waals surface area contributed by atoms with Crippen LogP contribution in [0.3, 0.4) is 0 Å². The first kappa shape index (κ1) is 24.8. The van der Waals surface area contributed by atoms with Crippen molar-refractivity contribution < 1.29 is 23.7 Å². The second-order valence-electron chi connectivity index (χ2n) is 9.89. The van der Waals surface area contributed by atoms with Crippen LogP contribution < -0.4 is 0 Å². The minimum absolute atomic E-state index is 0.0406. The Bertz CT molecular complexity index is 672. The predicted molar refractivity (Wildman–Crippen MR) is 119 cm³/mol. The van der Waals surface area contributed by atoms with Crippen LogP contribution >= 0.6 is 0 Å². The number of carbonyl (C=O) groups excluding carboxylic acids is 1. The molecule has 2 atom stereocenters. The van der Waals surface area contributed by atoms with Crippen molar-refractivity contribution in [2.24, 2.45) is 5.41 Å². The molecule has 5 heteroatoms. The van der Waals surface area contributed by atoms with Crippen molar-refractivity contribution in [1.29, 1.82) is 0 Å². The molecule has 0 amide bonds. The average molecular weight is 421 g/mol. The number of ether oxygens (including phenoxy) is 4. The van der Waals surface area contributed by atoms with Gasteiger partial charge in [0.2, 0.25) is 0 Å². The van der Waals surface area contributed by atoms with Crippen LogP contribution in [0.25, 0.3) is 0 Å². The van der Waals surface area contributed by atoms with Crippen molar-refractivity contribution in [3.8, 4) is 0 Å². The molecule has 0 aromatic rings. The van der Waals surface area contributed by atoms with Gasteiger partial charge in [-0.05, 0) is 92.2 Å². The molecule has 2 unspecified atom stereocenters. The summed E-state index contributed by atoms with van der Waals surface area (Å²) in [5.41, 5.74) is 1.27. The first-order valence-electron chi connectivity index (χ1n) is 11.2. The summed E-state index contributed by atoms with van der Waals surface area (Å²) in [7, 11) is 0. The van der Waals surface area contributed by atoms with Gasteiger partial charge in [-0.25, -0.2) is 0 Å². The topological polar surface area (TPSA) is 54.0 Å². The monoisotopic (exact) mass is 420 g/mol. The van der Waals surface area contributed by atoms with Gasteiger partial charge in [0.15, 0.2) is 6.29 Å². The molecule has 30 heavy (non-hydrogen) atoms. The van der Waals surface area contributed by atoms with E-state index in [0.717, 1.165) is 37.9 Å². The second kappa shape index (κ2) is 10.7. The van der Waals surface area contributed by atoms with Gasteiger partial charge in [-0.15, -0.1) is 0 Å². The third-order valence-electron chi connectivity index (χ3n) is 5.44. The molecule has 0 aromatic carbocycles. The Morgan fingerprint density at radius 3 is 2.60 bits per heavy atom. The highest BCUT2D eigenvalue weighted by molar-refractivity contribution is 5.76. The molecule has 0 aromatic heterocycles. The Balaban J connectivity index is 1.82. The molecule has 0 spiro atoms. The Kier molecular flexibility index (Phi) is 8.89. The van der Waals surface area contributed by atoms with Crippen molar-refractivity contribution in [3.63, 3.8) is 0 Å². The molecule has 0 bridgehead atoms. The van der Waals surface area contributed by atoms with Gasteiger partial charge >= 0.3 is 5.97 Å². The van der Waals surface area contributed by atoms with E-state index in [-0.39, 0.29) is 18.4 Å². The predicted octanol–water partition coefficient (Wildman–Crippen LogP) is 5.85. The second-order valence-corrected chi connectivity index (χ2v) is 9.89. The molecule has 2 rings (SSSR count). The van der Waals surface area contributed by atoms with Gasteiger partial charge in [0.25, 0.3) is 0 Å². The van der Waals surface area contributed by atoms with Gasteiger partial charge in [0.1, 0.15) is 17.5 Å². The van der Waals surface area contributed by atoms with E-state index in [2.05, 4.69) is 26.0 Å². The maximum atomic E-state index is 12.3. The van der Waals surface area contributed by atoms with Crippen LogP contribution in [-0.4, -0.2) is 37.2 Å². The summed E-state index contributed by atoms with van der Waals surface area (Å²) >= 11 is 0. The SMILES string of the molecule is C/C(=C\COC1CCCCO1)CC/C=C(\C)C1C=C(OC(=O)C(C)(C)C)C(C)(C)O1. The zero-order valence-corrected chi connectivity index (χ0v) is 19.9. The van der Waals surface area contributed by atoms with Crippen LogP contribution in [0.5, 0.6) is 0 Å². The highest BCUT2D eigenvalue weighted by atomic mass is 16.7. The van der Waals surface area contributed by atoms with E-state index in [0.29, 0.717) is 12.4 Å². The standard InChI is InChI=1S/C25H40O5/c1-18(14-16-28-22-13-8-9-15-27-22)11-10-12-19(2)20-17-21(25(6,7)30-20)29-23(26)24(3,4)5/h12,14,17,20,22H,8-11,13,15-16H2,1-7H3/b18-14+,19-12+. The zero-order valence-electron chi connectivity index (χ0n) is 19.9. The fourth-order valence-corrected chi connectivity index (χ4v) is 3.27. The van der Waals surface area contributed by atoms with Crippen molar-refractivity contribution in [1.82, 2.24) is 0 Å². The lowest BCUT2D eigenvalue weighted by molar-refractivity contribution is -0.155. The Morgan fingerprint density at radius 2 is 1.97 bits per heavy atom. The summed E-state index contributed by atoms with van der Waals surface area (Å²) in [6.07, 6.45) is 11.3. The van der Waals surface area contributed by atoms with E-state index in [1.54, 1.807) is 0 Å². The number of esters is 1. The minimum atomic E-state index is -0.616. The third kappa shape index (κ3) is 7.68. The number of allylic oxidation sites excluding steroid dienone is 2. The van der Waals surface area contributed by atoms with Gasteiger partial charge in [-0.3, -0.25) is 4.79 Å². The maximum absolute atomic E-state index is 12.3. The number of hydrogen-bond donors (Lipinski definition) is 0. The summed E-state index contributed by atoms with van der Waals surface area (Å²) in [4.78, 5) is 12.3. The van der Waals surface area contributed by atoms with Crippen molar-refractivity contribution in [2.45, 2.75) is 98.6 Å². The van der Waals surface area contributed by atoms with Gasteiger partial charge in [0, 0.05) is 6.61 Å². The molecule has 0 saturated carbocycles. The van der Waals surface area contributed by atoms with Crippen LogP contribution in [0.15, 0.2) is 35.1 Å². The number of carbonyl (C=O) groups is 1. The van der Waals surface area contributed by atoms with E-state index in [9.17, 15) is 4.79 Å². The highest BCUT2D eigenvalue weighted by Crippen LogP contribution is 2.35. The van der Waals surface area contributed by atoms with Gasteiger partial charge < -0.3 is 18.9 Å². The van der Waals surface area contributed by atoms with E-state index < -0.39 is 11.0 Å². The molecule has 2 heterocycles. The molecule has 2 aliphatic heterocycles. The summed E-state index contributed by atoms with van der Waals surface area (Å²) in [6, 6.07) is 0. The normalized spacial score (nSPS) is 25.2. The molecule has 5 nitrogen and oxygen atoms in total. The van der Waals surface area contributed by atoms with Crippen LogP contribution in [0.1, 0.15) is 80.6 Å². The quantitative estimate of drug-likeness (QED) is 0.364. The summed E-state index contributed by atoms with van der Waals surface area (Å²) in [5.74, 6) is 0.354. The Labute approximate surface area is 182 Å². The molecule has 170 valence electrons. The van der Waals surface area contributed by atoms with Crippen molar-refractivity contribution >= 4 is 5.97 Å². The Morgan fingerprint density at radius 1 is 1.23 bits per heavy atom. The molecular weight excluding hydrogens is 380 g/mol. The lowest BCUT2D eigenvalue weighted by Crippen LogP contribution is -2.30. The Hall–Kier alpha value is -1.43. The fourth-order valence-electron chi connectivity index (χ4n) is 3.27. The average Bonchev–Trinajstić information content (AvgIpc) is 2.96. The van der Waals surface area contributed by atoms with E-state index in [1.165, 1.54) is 12.0 Å². The van der Waals surface area contributed by atoms with E-state index in [4.69, 9.17) is 18.9 Å². The molecule has 0 radical (unpaired) electrons. The summed E-state index contributed by atoms with van der Waals surface area (Å²) in [5, 5.41) is 0. The van der Waals surface area contributed by atoms with Crippen LogP contribution in [0.2, 0.25) is 0 Å². The molecule has 0 N–H and O–H groups in total. The van der Waals surface area contributed by atoms with Crippen molar-refractivity contribution in [3.05, 3.63) is 35.1 Å². The first-order chi connectivity index (χ1) is 14.0. The largest absolute Gasteiger partial charge is 0.428 e. The van der Waals surface area contributed by atoms with Crippen molar-refractivity contribution in [2.75, 3.05) is 13.2 Å². The lowest BCUT2D eigenvalue weighted by Gasteiger charge is -2.25. The van der Waals surface area contributed by atoms with Gasteiger partial charge in [0.05, 0.1) is 12.0 Å².